The summed E-state index contributed by atoms with van der Waals surface area (Å²) in [5.41, 5.74) is 0. The molecule has 1 fully saturated rings. The smallest absolute Gasteiger partial charge is 0.169 e. The predicted octanol–water partition coefficient (Wildman–Crippen LogP) is 0.335. The largest absolute Gasteiger partial charge is 0.396 e. The second kappa shape index (κ2) is 3.74. The molecule has 0 radical (unpaired) electrons. The Bertz CT molecular complexity index is 200. The molecule has 0 bridgehead atoms. The third-order valence-corrected chi connectivity index (χ3v) is 2.09. The van der Waals surface area contributed by atoms with Gasteiger partial charge in [-0.1, -0.05) is 6.92 Å². The first kappa shape index (κ1) is 10.6. The Balaban J connectivity index is 2.51. The monoisotopic (exact) mass is 188 g/mol. The van der Waals surface area contributed by atoms with Crippen LogP contribution in [0.2, 0.25) is 0 Å². The maximum Gasteiger partial charge on any atom is 0.169 e. The second-order valence-electron chi connectivity index (χ2n) is 3.80. The van der Waals surface area contributed by atoms with Crippen molar-refractivity contribution in [3.63, 3.8) is 0 Å². The lowest BCUT2D eigenvalue weighted by Gasteiger charge is -2.17. The SMILES string of the molecule is C[C@@H](CO)C(=O)[C@H]1COC(C)(C)O1. The average Bonchev–Trinajstić information content (AvgIpc) is 2.43. The minimum absolute atomic E-state index is 0.0897. The van der Waals surface area contributed by atoms with Crippen LogP contribution in [0.25, 0.3) is 0 Å². The van der Waals surface area contributed by atoms with Gasteiger partial charge in [0, 0.05) is 5.92 Å². The molecule has 0 spiro atoms. The molecule has 76 valence electrons. The molecular formula is C9H16O4. The van der Waals surface area contributed by atoms with Gasteiger partial charge in [0.15, 0.2) is 11.6 Å². The van der Waals surface area contributed by atoms with E-state index in [4.69, 9.17) is 14.6 Å². The summed E-state index contributed by atoms with van der Waals surface area (Å²) in [5, 5.41) is 8.78. The number of aliphatic hydroxyl groups excluding tert-OH is 1. The van der Waals surface area contributed by atoms with E-state index in [0.29, 0.717) is 0 Å². The number of hydrogen-bond acceptors (Lipinski definition) is 4. The lowest BCUT2D eigenvalue weighted by molar-refractivity contribution is -0.154. The quantitative estimate of drug-likeness (QED) is 0.693. The fraction of sp³-hybridized carbons (Fsp3) is 0.889. The highest BCUT2D eigenvalue weighted by molar-refractivity contribution is 5.85. The van der Waals surface area contributed by atoms with E-state index in [9.17, 15) is 4.79 Å². The zero-order valence-electron chi connectivity index (χ0n) is 8.24. The number of ketones is 1. The minimum Gasteiger partial charge on any atom is -0.396 e. The van der Waals surface area contributed by atoms with Gasteiger partial charge in [0.05, 0.1) is 13.2 Å². The zero-order valence-corrected chi connectivity index (χ0v) is 8.24. The minimum atomic E-state index is -0.671. The van der Waals surface area contributed by atoms with Crippen LogP contribution < -0.4 is 0 Å². The van der Waals surface area contributed by atoms with Crippen LogP contribution in [0, 0.1) is 5.92 Å². The Morgan fingerprint density at radius 3 is 2.69 bits per heavy atom. The van der Waals surface area contributed by atoms with Gasteiger partial charge in [-0.3, -0.25) is 4.79 Å². The molecule has 1 rings (SSSR count). The lowest BCUT2D eigenvalue weighted by Crippen LogP contribution is -2.32. The van der Waals surface area contributed by atoms with Gasteiger partial charge >= 0.3 is 0 Å². The number of rotatable bonds is 3. The van der Waals surface area contributed by atoms with E-state index in [1.165, 1.54) is 0 Å². The highest BCUT2D eigenvalue weighted by Gasteiger charge is 2.38. The van der Waals surface area contributed by atoms with Gasteiger partial charge in [-0.2, -0.15) is 0 Å². The Morgan fingerprint density at radius 2 is 2.31 bits per heavy atom. The van der Waals surface area contributed by atoms with E-state index in [1.54, 1.807) is 20.8 Å². The summed E-state index contributed by atoms with van der Waals surface area (Å²) in [7, 11) is 0. The van der Waals surface area contributed by atoms with E-state index >= 15 is 0 Å². The molecule has 1 aliphatic heterocycles. The molecule has 0 aromatic rings. The first-order valence-electron chi connectivity index (χ1n) is 4.42. The highest BCUT2D eigenvalue weighted by Crippen LogP contribution is 2.24. The van der Waals surface area contributed by atoms with E-state index in [-0.39, 0.29) is 24.9 Å². The van der Waals surface area contributed by atoms with Crippen molar-refractivity contribution in [2.24, 2.45) is 5.92 Å². The third-order valence-electron chi connectivity index (χ3n) is 2.09. The van der Waals surface area contributed by atoms with Crippen molar-refractivity contribution in [1.82, 2.24) is 0 Å². The van der Waals surface area contributed by atoms with Gasteiger partial charge in [0.1, 0.15) is 6.10 Å². The Labute approximate surface area is 77.8 Å². The van der Waals surface area contributed by atoms with Gasteiger partial charge in [0.2, 0.25) is 0 Å². The van der Waals surface area contributed by atoms with E-state index in [1.807, 2.05) is 0 Å². The first-order valence-corrected chi connectivity index (χ1v) is 4.42. The molecule has 13 heavy (non-hydrogen) atoms. The lowest BCUT2D eigenvalue weighted by atomic mass is 10.0. The molecule has 1 heterocycles. The standard InChI is InChI=1S/C9H16O4/c1-6(4-10)8(11)7-5-12-9(2,3)13-7/h6-7,10H,4-5H2,1-3H3/t6-,7+/m0/s1. The van der Waals surface area contributed by atoms with Crippen molar-refractivity contribution < 1.29 is 19.4 Å². The molecule has 4 nitrogen and oxygen atoms in total. The molecule has 4 heteroatoms. The summed E-state index contributed by atoms with van der Waals surface area (Å²) < 4.78 is 10.6. The molecule has 1 aliphatic rings. The maximum absolute atomic E-state index is 11.5. The molecule has 0 aromatic heterocycles. The Morgan fingerprint density at radius 1 is 1.69 bits per heavy atom. The van der Waals surface area contributed by atoms with Crippen LogP contribution in [0.15, 0.2) is 0 Å². The zero-order chi connectivity index (χ0) is 10.1. The second-order valence-corrected chi connectivity index (χ2v) is 3.80. The molecule has 1 saturated heterocycles. The van der Waals surface area contributed by atoms with Crippen LogP contribution in [0.4, 0.5) is 0 Å². The van der Waals surface area contributed by atoms with Crippen molar-refractivity contribution in [1.29, 1.82) is 0 Å². The fourth-order valence-electron chi connectivity index (χ4n) is 1.23. The Hall–Kier alpha value is -0.450. The summed E-state index contributed by atoms with van der Waals surface area (Å²) in [4.78, 5) is 11.5. The molecule has 1 N–H and O–H groups in total. The number of carbonyl (C=O) groups excluding carboxylic acids is 1. The van der Waals surface area contributed by atoms with Gasteiger partial charge < -0.3 is 14.6 Å². The van der Waals surface area contributed by atoms with Crippen molar-refractivity contribution in [3.05, 3.63) is 0 Å². The first-order chi connectivity index (χ1) is 5.96. The van der Waals surface area contributed by atoms with Crippen molar-refractivity contribution in [2.45, 2.75) is 32.7 Å². The normalized spacial score (nSPS) is 28.8. The van der Waals surface area contributed by atoms with Crippen LogP contribution in [0.1, 0.15) is 20.8 Å². The number of ether oxygens (including phenoxy) is 2. The van der Waals surface area contributed by atoms with Gasteiger partial charge in [-0.15, -0.1) is 0 Å². The predicted molar refractivity (Wildman–Crippen MR) is 46.2 cm³/mol. The van der Waals surface area contributed by atoms with Crippen LogP contribution in [-0.4, -0.2) is 36.0 Å². The van der Waals surface area contributed by atoms with Crippen molar-refractivity contribution in [3.8, 4) is 0 Å². The molecule has 0 amide bonds. The Kier molecular flexibility index (Phi) is 3.05. The van der Waals surface area contributed by atoms with E-state index in [2.05, 4.69) is 0 Å². The molecular weight excluding hydrogens is 172 g/mol. The molecule has 0 saturated carbocycles. The van der Waals surface area contributed by atoms with Crippen LogP contribution >= 0.6 is 0 Å². The average molecular weight is 188 g/mol. The summed E-state index contributed by atoms with van der Waals surface area (Å²) in [6.45, 7) is 5.36. The van der Waals surface area contributed by atoms with E-state index < -0.39 is 11.9 Å². The molecule has 0 aromatic carbocycles. The topological polar surface area (TPSA) is 55.8 Å². The van der Waals surface area contributed by atoms with Crippen LogP contribution in [-0.2, 0) is 14.3 Å². The highest BCUT2D eigenvalue weighted by atomic mass is 16.7. The summed E-state index contributed by atoms with van der Waals surface area (Å²) in [6.07, 6.45) is -0.517. The summed E-state index contributed by atoms with van der Waals surface area (Å²) in [6, 6.07) is 0. The van der Waals surface area contributed by atoms with Gasteiger partial charge in [0.25, 0.3) is 0 Å². The van der Waals surface area contributed by atoms with E-state index in [0.717, 1.165) is 0 Å². The summed E-state index contributed by atoms with van der Waals surface area (Å²) in [5.74, 6) is -1.13. The maximum atomic E-state index is 11.5. The van der Waals surface area contributed by atoms with Crippen LogP contribution in [0.3, 0.4) is 0 Å². The number of carbonyl (C=O) groups is 1. The molecule has 0 unspecified atom stereocenters. The van der Waals surface area contributed by atoms with Gasteiger partial charge in [-0.05, 0) is 13.8 Å². The number of aliphatic hydroxyl groups is 1. The fourth-order valence-corrected chi connectivity index (χ4v) is 1.23. The third kappa shape index (κ3) is 2.49. The van der Waals surface area contributed by atoms with Crippen molar-refractivity contribution in [2.75, 3.05) is 13.2 Å². The summed E-state index contributed by atoms with van der Waals surface area (Å²) >= 11 is 0. The van der Waals surface area contributed by atoms with Crippen LogP contribution in [0.5, 0.6) is 0 Å². The van der Waals surface area contributed by atoms with Gasteiger partial charge in [-0.25, -0.2) is 0 Å². The molecule has 2 atom stereocenters. The number of hydrogen-bond donors (Lipinski definition) is 1. The molecule has 0 aliphatic carbocycles. The van der Waals surface area contributed by atoms with Crippen molar-refractivity contribution >= 4 is 5.78 Å². The number of Topliss-reactive ketones (excluding diaryl/α,β-unsaturated/α-hetero) is 1.